The minimum Gasteiger partial charge on any atom is -0.468 e. The van der Waals surface area contributed by atoms with E-state index in [1.807, 2.05) is 0 Å². The third-order valence-corrected chi connectivity index (χ3v) is 1.75. The summed E-state index contributed by atoms with van der Waals surface area (Å²) in [6, 6.07) is 0. The van der Waals surface area contributed by atoms with Crippen molar-refractivity contribution in [1.29, 1.82) is 0 Å². The minimum atomic E-state index is -0.561. The number of nitrogens with one attached hydrogen (secondary N) is 1. The van der Waals surface area contributed by atoms with Crippen LogP contribution >= 0.6 is 0 Å². The molecule has 1 N–H and O–H groups in total. The maximum absolute atomic E-state index is 11.0. The first-order valence-electron chi connectivity index (χ1n) is 3.10. The fourth-order valence-electron chi connectivity index (χ4n) is 0.866. The molecule has 1 aliphatic heterocycles. The molecule has 0 aromatic carbocycles. The van der Waals surface area contributed by atoms with E-state index in [9.17, 15) is 4.79 Å². The maximum atomic E-state index is 11.0. The van der Waals surface area contributed by atoms with E-state index in [0.29, 0.717) is 13.2 Å². The molecule has 0 aliphatic carbocycles. The summed E-state index contributed by atoms with van der Waals surface area (Å²) in [5, 5.41) is 2.87. The predicted octanol–water partition coefficient (Wildman–Crippen LogP) is -0.852. The number of ether oxygens (including phenoxy) is 2. The molecule has 1 rings (SSSR count). The Balaban J connectivity index is 2.55. The van der Waals surface area contributed by atoms with Gasteiger partial charge in [-0.25, -0.2) is 4.79 Å². The lowest BCUT2D eigenvalue weighted by Gasteiger charge is -2.37. The van der Waals surface area contributed by atoms with Gasteiger partial charge in [0.05, 0.1) is 20.3 Å². The highest BCUT2D eigenvalue weighted by Crippen LogP contribution is 2.17. The monoisotopic (exact) mass is 145 g/mol. The molecule has 58 valence electrons. The number of methoxy groups -OCH3 is 1. The van der Waals surface area contributed by atoms with E-state index in [-0.39, 0.29) is 5.97 Å². The highest BCUT2D eigenvalue weighted by molar-refractivity contribution is 5.82. The van der Waals surface area contributed by atoms with Crippen molar-refractivity contribution in [2.75, 3.05) is 27.4 Å². The van der Waals surface area contributed by atoms with Crippen LogP contribution < -0.4 is 5.32 Å². The van der Waals surface area contributed by atoms with Crippen LogP contribution in [0.1, 0.15) is 0 Å². The van der Waals surface area contributed by atoms with Gasteiger partial charge in [-0.05, 0) is 7.05 Å². The summed E-state index contributed by atoms with van der Waals surface area (Å²) in [6.07, 6.45) is 0. The number of hydrogen-bond donors (Lipinski definition) is 1. The first kappa shape index (κ1) is 7.50. The fraction of sp³-hybridized carbons (Fsp3) is 0.833. The molecule has 1 saturated heterocycles. The standard InChI is InChI=1S/C6H11NO3/c1-7-6(3-10-4-6)5(8)9-2/h7H,3-4H2,1-2H3. The fourth-order valence-corrected chi connectivity index (χ4v) is 0.866. The molecule has 4 heteroatoms. The van der Waals surface area contributed by atoms with Crippen LogP contribution in [0.4, 0.5) is 0 Å². The van der Waals surface area contributed by atoms with E-state index in [0.717, 1.165) is 0 Å². The summed E-state index contributed by atoms with van der Waals surface area (Å²) in [4.78, 5) is 11.0. The molecule has 0 radical (unpaired) electrons. The lowest BCUT2D eigenvalue weighted by atomic mass is 9.98. The highest BCUT2D eigenvalue weighted by Gasteiger charge is 2.45. The van der Waals surface area contributed by atoms with Gasteiger partial charge in [0.2, 0.25) is 0 Å². The van der Waals surface area contributed by atoms with Gasteiger partial charge in [-0.15, -0.1) is 0 Å². The van der Waals surface area contributed by atoms with Crippen molar-refractivity contribution in [2.45, 2.75) is 5.54 Å². The largest absolute Gasteiger partial charge is 0.468 e. The molecule has 0 saturated carbocycles. The van der Waals surface area contributed by atoms with Gasteiger partial charge in [0, 0.05) is 0 Å². The lowest BCUT2D eigenvalue weighted by Crippen LogP contribution is -2.64. The number of hydrogen-bond acceptors (Lipinski definition) is 4. The van der Waals surface area contributed by atoms with Crippen LogP contribution in [0.2, 0.25) is 0 Å². The Morgan fingerprint density at radius 3 is 2.40 bits per heavy atom. The second-order valence-corrected chi connectivity index (χ2v) is 2.32. The summed E-state index contributed by atoms with van der Waals surface area (Å²) in [7, 11) is 3.10. The Morgan fingerprint density at radius 1 is 1.70 bits per heavy atom. The van der Waals surface area contributed by atoms with Crippen molar-refractivity contribution in [3.63, 3.8) is 0 Å². The first-order chi connectivity index (χ1) is 4.75. The number of rotatable bonds is 2. The van der Waals surface area contributed by atoms with Crippen LogP contribution in [0.3, 0.4) is 0 Å². The first-order valence-corrected chi connectivity index (χ1v) is 3.10. The van der Waals surface area contributed by atoms with Gasteiger partial charge < -0.3 is 14.8 Å². The van der Waals surface area contributed by atoms with Gasteiger partial charge in [-0.3, -0.25) is 0 Å². The molecule has 0 bridgehead atoms. The Bertz CT molecular complexity index is 136. The van der Waals surface area contributed by atoms with Crippen molar-refractivity contribution in [1.82, 2.24) is 5.32 Å². The summed E-state index contributed by atoms with van der Waals surface area (Å²) < 4.78 is 9.46. The van der Waals surface area contributed by atoms with Crippen LogP contribution in [0, 0.1) is 0 Å². The topological polar surface area (TPSA) is 47.6 Å². The number of likely N-dealkylation sites (N-methyl/N-ethyl adjacent to an activating group) is 1. The number of carbonyl (C=O) groups excluding carboxylic acids is 1. The zero-order valence-electron chi connectivity index (χ0n) is 6.14. The van der Waals surface area contributed by atoms with E-state index in [4.69, 9.17) is 4.74 Å². The Labute approximate surface area is 59.5 Å². The molecule has 0 aromatic rings. The van der Waals surface area contributed by atoms with Gasteiger partial charge in [0.25, 0.3) is 0 Å². The number of esters is 1. The average Bonchev–Trinajstić information content (AvgIpc) is 1.86. The van der Waals surface area contributed by atoms with Crippen LogP contribution in [0.25, 0.3) is 0 Å². The normalized spacial score (nSPS) is 21.4. The van der Waals surface area contributed by atoms with Crippen molar-refractivity contribution >= 4 is 5.97 Å². The van der Waals surface area contributed by atoms with Crippen molar-refractivity contribution in [3.05, 3.63) is 0 Å². The molecular weight excluding hydrogens is 134 g/mol. The predicted molar refractivity (Wildman–Crippen MR) is 34.6 cm³/mol. The minimum absolute atomic E-state index is 0.249. The highest BCUT2D eigenvalue weighted by atomic mass is 16.5. The zero-order chi connectivity index (χ0) is 7.61. The molecule has 0 amide bonds. The zero-order valence-corrected chi connectivity index (χ0v) is 6.14. The van der Waals surface area contributed by atoms with Gasteiger partial charge in [-0.2, -0.15) is 0 Å². The third kappa shape index (κ3) is 0.892. The summed E-state index contributed by atoms with van der Waals surface area (Å²) >= 11 is 0. The Hall–Kier alpha value is -0.610. The van der Waals surface area contributed by atoms with E-state index >= 15 is 0 Å². The average molecular weight is 145 g/mol. The van der Waals surface area contributed by atoms with Gasteiger partial charge in [-0.1, -0.05) is 0 Å². The second-order valence-electron chi connectivity index (χ2n) is 2.32. The molecule has 1 aliphatic rings. The SMILES string of the molecule is CNC1(C(=O)OC)COC1. The second kappa shape index (κ2) is 2.56. The summed E-state index contributed by atoms with van der Waals surface area (Å²) in [5.74, 6) is -0.249. The molecule has 0 unspecified atom stereocenters. The van der Waals surface area contributed by atoms with Gasteiger partial charge in [0.1, 0.15) is 0 Å². The van der Waals surface area contributed by atoms with E-state index in [1.165, 1.54) is 7.11 Å². The smallest absolute Gasteiger partial charge is 0.330 e. The Morgan fingerprint density at radius 2 is 2.30 bits per heavy atom. The van der Waals surface area contributed by atoms with Crippen molar-refractivity contribution in [3.8, 4) is 0 Å². The number of carbonyl (C=O) groups is 1. The maximum Gasteiger partial charge on any atom is 0.330 e. The van der Waals surface area contributed by atoms with Gasteiger partial charge in [0.15, 0.2) is 5.54 Å². The van der Waals surface area contributed by atoms with Gasteiger partial charge >= 0.3 is 5.97 Å². The summed E-state index contributed by atoms with van der Waals surface area (Å²) in [5.41, 5.74) is -0.561. The quantitative estimate of drug-likeness (QED) is 0.514. The van der Waals surface area contributed by atoms with Crippen LogP contribution in [0.5, 0.6) is 0 Å². The van der Waals surface area contributed by atoms with Crippen molar-refractivity contribution in [2.24, 2.45) is 0 Å². The van der Waals surface area contributed by atoms with E-state index in [2.05, 4.69) is 10.1 Å². The molecule has 0 aromatic heterocycles. The van der Waals surface area contributed by atoms with Crippen LogP contribution in [0.15, 0.2) is 0 Å². The molecular formula is C6H11NO3. The van der Waals surface area contributed by atoms with Crippen molar-refractivity contribution < 1.29 is 14.3 Å². The molecule has 0 atom stereocenters. The van der Waals surface area contributed by atoms with Crippen LogP contribution in [-0.2, 0) is 14.3 Å². The van der Waals surface area contributed by atoms with E-state index < -0.39 is 5.54 Å². The molecule has 0 spiro atoms. The molecule has 1 heterocycles. The lowest BCUT2D eigenvalue weighted by molar-refractivity contribution is -0.168. The summed E-state index contributed by atoms with van der Waals surface area (Å²) in [6.45, 7) is 0.826. The molecule has 10 heavy (non-hydrogen) atoms. The Kier molecular flexibility index (Phi) is 1.92. The third-order valence-electron chi connectivity index (χ3n) is 1.75. The van der Waals surface area contributed by atoms with E-state index in [1.54, 1.807) is 7.05 Å². The molecule has 1 fully saturated rings. The molecule has 4 nitrogen and oxygen atoms in total. The van der Waals surface area contributed by atoms with Crippen LogP contribution in [-0.4, -0.2) is 38.9 Å².